The van der Waals surface area contributed by atoms with Crippen LogP contribution in [-0.2, 0) is 16.6 Å². The van der Waals surface area contributed by atoms with E-state index in [0.717, 1.165) is 5.56 Å². The second kappa shape index (κ2) is 8.10. The Morgan fingerprint density at radius 1 is 1.17 bits per heavy atom. The average molecular weight is 365 g/mol. The summed E-state index contributed by atoms with van der Waals surface area (Å²) in [4.78, 5) is 11.8. The molecule has 5 nitrogen and oxygen atoms in total. The molecule has 0 saturated carbocycles. The molecule has 2 aromatic carbocycles. The Morgan fingerprint density at radius 3 is 2.54 bits per heavy atom. The van der Waals surface area contributed by atoms with Crippen LogP contribution in [0.25, 0.3) is 0 Å². The smallest absolute Gasteiger partial charge is 0.251 e. The van der Waals surface area contributed by atoms with Crippen molar-refractivity contribution in [1.82, 2.24) is 10.0 Å². The first-order valence-electron chi connectivity index (χ1n) is 7.16. The minimum Gasteiger partial charge on any atom is -0.349 e. The summed E-state index contributed by atoms with van der Waals surface area (Å²) < 4.78 is 27.4. The van der Waals surface area contributed by atoms with Gasteiger partial charge in [0, 0.05) is 18.7 Å². The van der Waals surface area contributed by atoms with Gasteiger partial charge < -0.3 is 5.32 Å². The zero-order valence-electron chi connectivity index (χ0n) is 12.8. The zero-order chi connectivity index (χ0) is 17.6. The zero-order valence-corrected chi connectivity index (χ0v) is 14.4. The van der Waals surface area contributed by atoms with Gasteiger partial charge in [-0.05, 0) is 23.8 Å². The minimum atomic E-state index is -3.85. The number of carbonyl (C=O) groups is 1. The molecule has 0 aromatic heterocycles. The van der Waals surface area contributed by atoms with Crippen LogP contribution < -0.4 is 10.0 Å². The van der Waals surface area contributed by atoms with E-state index in [0.29, 0.717) is 0 Å². The van der Waals surface area contributed by atoms with Gasteiger partial charge in [-0.1, -0.05) is 48.0 Å². The van der Waals surface area contributed by atoms with Gasteiger partial charge in [0.2, 0.25) is 10.0 Å². The molecule has 0 aliphatic heterocycles. The molecule has 126 valence electrons. The lowest BCUT2D eigenvalue weighted by molar-refractivity contribution is 0.0958. The Labute approximate surface area is 146 Å². The highest BCUT2D eigenvalue weighted by atomic mass is 35.5. The molecule has 7 heteroatoms. The highest BCUT2D eigenvalue weighted by Crippen LogP contribution is 2.23. The highest BCUT2D eigenvalue weighted by Gasteiger charge is 2.20. The van der Waals surface area contributed by atoms with Gasteiger partial charge in [-0.2, -0.15) is 0 Å². The molecule has 1 amide bonds. The maximum absolute atomic E-state index is 12.5. The summed E-state index contributed by atoms with van der Waals surface area (Å²) >= 11 is 6.00. The van der Waals surface area contributed by atoms with Crippen LogP contribution in [0.15, 0.2) is 66.1 Å². The summed E-state index contributed by atoms with van der Waals surface area (Å²) in [6, 6.07) is 13.2. The summed E-state index contributed by atoms with van der Waals surface area (Å²) in [7, 11) is -3.85. The molecule has 0 bridgehead atoms. The quantitative estimate of drug-likeness (QED) is 0.742. The van der Waals surface area contributed by atoms with Crippen LogP contribution in [0.4, 0.5) is 0 Å². The van der Waals surface area contributed by atoms with Crippen LogP contribution in [0.3, 0.4) is 0 Å². The first-order chi connectivity index (χ1) is 11.4. The van der Waals surface area contributed by atoms with Crippen molar-refractivity contribution in [3.8, 4) is 0 Å². The molecule has 2 aromatic rings. The third-order valence-electron chi connectivity index (χ3n) is 3.20. The van der Waals surface area contributed by atoms with Crippen molar-refractivity contribution in [2.75, 3.05) is 6.54 Å². The molecule has 0 aliphatic carbocycles. The molecule has 0 saturated heterocycles. The number of hydrogen-bond acceptors (Lipinski definition) is 3. The Morgan fingerprint density at radius 2 is 1.88 bits per heavy atom. The van der Waals surface area contributed by atoms with Gasteiger partial charge in [-0.25, -0.2) is 13.1 Å². The fourth-order valence-electron chi connectivity index (χ4n) is 1.97. The van der Waals surface area contributed by atoms with Crippen LogP contribution in [0.1, 0.15) is 15.9 Å². The van der Waals surface area contributed by atoms with Crippen molar-refractivity contribution in [2.24, 2.45) is 0 Å². The van der Waals surface area contributed by atoms with Gasteiger partial charge in [-0.3, -0.25) is 4.79 Å². The number of benzene rings is 2. The molecule has 0 unspecified atom stereocenters. The number of carbonyl (C=O) groups excluding carboxylic acids is 1. The van der Waals surface area contributed by atoms with E-state index in [4.69, 9.17) is 11.6 Å². The SMILES string of the molecule is C=CCNC(=O)c1ccc(Cl)c(S(=O)(=O)NCc2ccccc2)c1. The van der Waals surface area contributed by atoms with Crippen LogP contribution in [-0.4, -0.2) is 20.9 Å². The highest BCUT2D eigenvalue weighted by molar-refractivity contribution is 7.89. The Balaban J connectivity index is 2.22. The standard InChI is InChI=1S/C17H17ClN2O3S/c1-2-10-19-17(21)14-8-9-15(18)16(11-14)24(22,23)20-12-13-6-4-3-5-7-13/h2-9,11,20H,1,10,12H2,(H,19,21). The molecule has 2 N–H and O–H groups in total. The van der Waals surface area contributed by atoms with Crippen molar-refractivity contribution < 1.29 is 13.2 Å². The summed E-state index contributed by atoms with van der Waals surface area (Å²) in [5.74, 6) is -0.397. The summed E-state index contributed by atoms with van der Waals surface area (Å²) in [6.45, 7) is 3.93. The van der Waals surface area contributed by atoms with Gasteiger partial charge in [0.15, 0.2) is 0 Å². The van der Waals surface area contributed by atoms with E-state index in [1.807, 2.05) is 30.3 Å². The molecule has 0 atom stereocenters. The number of halogens is 1. The maximum Gasteiger partial charge on any atom is 0.251 e. The molecule has 2 rings (SSSR count). The normalized spacial score (nSPS) is 11.0. The molecule has 0 radical (unpaired) electrons. The van der Waals surface area contributed by atoms with Crippen LogP contribution in [0.2, 0.25) is 5.02 Å². The van der Waals surface area contributed by atoms with Gasteiger partial charge in [0.25, 0.3) is 5.91 Å². The summed E-state index contributed by atoms with van der Waals surface area (Å²) in [5.41, 5.74) is 1.03. The van der Waals surface area contributed by atoms with Crippen molar-refractivity contribution in [2.45, 2.75) is 11.4 Å². The van der Waals surface area contributed by atoms with E-state index >= 15 is 0 Å². The average Bonchev–Trinajstić information content (AvgIpc) is 2.59. The van der Waals surface area contributed by atoms with Crippen molar-refractivity contribution in [1.29, 1.82) is 0 Å². The number of nitrogens with one attached hydrogen (secondary N) is 2. The van der Waals surface area contributed by atoms with Gasteiger partial charge in [-0.15, -0.1) is 6.58 Å². The topological polar surface area (TPSA) is 75.3 Å². The number of sulfonamides is 1. The Hall–Kier alpha value is -2.15. The van der Waals surface area contributed by atoms with E-state index < -0.39 is 15.9 Å². The number of rotatable bonds is 7. The fourth-order valence-corrected chi connectivity index (χ4v) is 3.51. The Kier molecular flexibility index (Phi) is 6.14. The largest absolute Gasteiger partial charge is 0.349 e. The lowest BCUT2D eigenvalue weighted by atomic mass is 10.2. The summed E-state index contributed by atoms with van der Waals surface area (Å²) in [5, 5.41) is 2.64. The van der Waals surface area contributed by atoms with Crippen molar-refractivity contribution in [3.63, 3.8) is 0 Å². The predicted octanol–water partition coefficient (Wildman–Crippen LogP) is 2.73. The molecular weight excluding hydrogens is 348 g/mol. The third-order valence-corrected chi connectivity index (χ3v) is 5.08. The van der Waals surface area contributed by atoms with E-state index in [1.165, 1.54) is 24.3 Å². The molecule has 24 heavy (non-hydrogen) atoms. The predicted molar refractivity (Wildman–Crippen MR) is 94.4 cm³/mol. The van der Waals surface area contributed by atoms with E-state index in [-0.39, 0.29) is 28.6 Å². The molecular formula is C17H17ClN2O3S. The molecule has 0 spiro atoms. The fraction of sp³-hybridized carbons (Fsp3) is 0.118. The van der Waals surface area contributed by atoms with Gasteiger partial charge in [0.05, 0.1) is 5.02 Å². The van der Waals surface area contributed by atoms with Crippen LogP contribution in [0, 0.1) is 0 Å². The van der Waals surface area contributed by atoms with E-state index in [1.54, 1.807) is 0 Å². The molecule has 0 fully saturated rings. The monoisotopic (exact) mass is 364 g/mol. The van der Waals surface area contributed by atoms with E-state index in [9.17, 15) is 13.2 Å². The van der Waals surface area contributed by atoms with E-state index in [2.05, 4.69) is 16.6 Å². The van der Waals surface area contributed by atoms with Crippen LogP contribution >= 0.6 is 11.6 Å². The lowest BCUT2D eigenvalue weighted by Crippen LogP contribution is -2.26. The lowest BCUT2D eigenvalue weighted by Gasteiger charge is -2.10. The maximum atomic E-state index is 12.5. The van der Waals surface area contributed by atoms with Crippen molar-refractivity contribution >= 4 is 27.5 Å². The second-order valence-corrected chi connectivity index (χ2v) is 7.10. The van der Waals surface area contributed by atoms with Crippen LogP contribution in [0.5, 0.6) is 0 Å². The van der Waals surface area contributed by atoms with Gasteiger partial charge >= 0.3 is 0 Å². The minimum absolute atomic E-state index is 0.0517. The van der Waals surface area contributed by atoms with Crippen molar-refractivity contribution in [3.05, 3.63) is 77.3 Å². The first-order valence-corrected chi connectivity index (χ1v) is 9.02. The third kappa shape index (κ3) is 4.67. The molecule has 0 aliphatic rings. The van der Waals surface area contributed by atoms with Gasteiger partial charge in [0.1, 0.15) is 4.90 Å². The Bertz CT molecular complexity index is 836. The number of hydrogen-bond donors (Lipinski definition) is 2. The second-order valence-electron chi connectivity index (χ2n) is 4.95. The molecule has 0 heterocycles. The first kappa shape index (κ1) is 18.2. The number of amides is 1. The summed E-state index contributed by atoms with van der Waals surface area (Å²) in [6.07, 6.45) is 1.53.